The van der Waals surface area contributed by atoms with Gasteiger partial charge in [0, 0.05) is 63.4 Å². The summed E-state index contributed by atoms with van der Waals surface area (Å²) in [4.78, 5) is 28.0. The third-order valence-electron chi connectivity index (χ3n) is 6.00. The lowest BCUT2D eigenvalue weighted by molar-refractivity contribution is 0.0473. The molecule has 8 nitrogen and oxygen atoms in total. The summed E-state index contributed by atoms with van der Waals surface area (Å²) >= 11 is 0. The maximum atomic E-state index is 13.0. The van der Waals surface area contributed by atoms with Gasteiger partial charge in [0.05, 0.1) is 11.7 Å². The molecule has 5 heterocycles. The molecule has 0 aromatic carbocycles. The minimum atomic E-state index is -0.418. The number of nitrogens with zero attached hydrogens (tertiary/aromatic N) is 6. The first kappa shape index (κ1) is 18.9. The van der Waals surface area contributed by atoms with Gasteiger partial charge in [-0.3, -0.25) is 4.79 Å². The number of aromatic nitrogens is 3. The van der Waals surface area contributed by atoms with Crippen molar-refractivity contribution in [3.05, 3.63) is 54.5 Å². The predicted octanol–water partition coefficient (Wildman–Crippen LogP) is 1.65. The van der Waals surface area contributed by atoms with Crippen LogP contribution in [0.25, 0.3) is 5.52 Å². The minimum Gasteiger partial charge on any atom is -0.391 e. The van der Waals surface area contributed by atoms with Crippen LogP contribution >= 0.6 is 0 Å². The van der Waals surface area contributed by atoms with E-state index < -0.39 is 6.10 Å². The highest BCUT2D eigenvalue weighted by Crippen LogP contribution is 2.23. The highest BCUT2D eigenvalue weighted by Gasteiger charge is 2.24. The fraction of sp³-hybridized carbons (Fsp3) is 0.409. The lowest BCUT2D eigenvalue weighted by atomic mass is 10.1. The summed E-state index contributed by atoms with van der Waals surface area (Å²) in [6.45, 7) is 4.54. The van der Waals surface area contributed by atoms with Crippen molar-refractivity contribution in [2.24, 2.45) is 0 Å². The number of carbonyl (C=O) groups excluding carboxylic acids is 1. The van der Waals surface area contributed by atoms with Gasteiger partial charge in [-0.15, -0.1) is 0 Å². The van der Waals surface area contributed by atoms with Gasteiger partial charge in [0.1, 0.15) is 5.82 Å². The van der Waals surface area contributed by atoms with Gasteiger partial charge >= 0.3 is 0 Å². The van der Waals surface area contributed by atoms with Crippen molar-refractivity contribution < 1.29 is 9.90 Å². The summed E-state index contributed by atoms with van der Waals surface area (Å²) in [5, 5.41) is 9.91. The molecule has 2 aliphatic heterocycles. The number of carbonyl (C=O) groups is 1. The fourth-order valence-electron chi connectivity index (χ4n) is 4.38. The van der Waals surface area contributed by atoms with Crippen LogP contribution in [-0.4, -0.2) is 75.7 Å². The van der Waals surface area contributed by atoms with Crippen molar-refractivity contribution in [2.75, 3.05) is 49.1 Å². The average Bonchev–Trinajstić information content (AvgIpc) is 3.22. The topological polar surface area (TPSA) is 77.2 Å². The van der Waals surface area contributed by atoms with E-state index in [9.17, 15) is 9.90 Å². The lowest BCUT2D eigenvalue weighted by Gasteiger charge is -2.35. The Kier molecular flexibility index (Phi) is 5.00. The number of piperazine rings is 1. The molecule has 0 bridgehead atoms. The van der Waals surface area contributed by atoms with Crippen LogP contribution < -0.4 is 9.80 Å². The van der Waals surface area contributed by atoms with Crippen molar-refractivity contribution >= 4 is 23.2 Å². The van der Waals surface area contributed by atoms with Crippen LogP contribution in [0.1, 0.15) is 23.2 Å². The van der Waals surface area contributed by atoms with E-state index in [0.717, 1.165) is 56.3 Å². The molecule has 1 amide bonds. The van der Waals surface area contributed by atoms with E-state index >= 15 is 0 Å². The number of anilines is 2. The lowest BCUT2D eigenvalue weighted by Crippen LogP contribution is -2.47. The number of aliphatic hydroxyl groups is 1. The summed E-state index contributed by atoms with van der Waals surface area (Å²) in [6.07, 6.45) is 6.67. The van der Waals surface area contributed by atoms with Gasteiger partial charge in [-0.2, -0.15) is 0 Å². The largest absolute Gasteiger partial charge is 0.391 e. The number of piperidine rings is 1. The number of pyridine rings is 1. The zero-order valence-corrected chi connectivity index (χ0v) is 16.9. The Balaban J connectivity index is 1.34. The number of amides is 1. The molecule has 0 spiro atoms. The molecule has 2 saturated heterocycles. The maximum absolute atomic E-state index is 13.0. The second-order valence-electron chi connectivity index (χ2n) is 7.97. The van der Waals surface area contributed by atoms with E-state index in [2.05, 4.69) is 36.3 Å². The molecule has 30 heavy (non-hydrogen) atoms. The Morgan fingerprint density at radius 3 is 2.47 bits per heavy atom. The molecule has 3 aromatic heterocycles. The third-order valence-corrected chi connectivity index (χ3v) is 6.00. The monoisotopic (exact) mass is 406 g/mol. The first-order chi connectivity index (χ1) is 14.7. The second-order valence-corrected chi connectivity index (χ2v) is 7.97. The van der Waals surface area contributed by atoms with E-state index in [4.69, 9.17) is 0 Å². The van der Waals surface area contributed by atoms with Crippen LogP contribution in [0.4, 0.5) is 11.8 Å². The molecular formula is C22H26N6O2. The molecular weight excluding hydrogens is 380 g/mol. The second kappa shape index (κ2) is 7.95. The third kappa shape index (κ3) is 3.59. The van der Waals surface area contributed by atoms with Crippen molar-refractivity contribution in [3.63, 3.8) is 0 Å². The Morgan fingerprint density at radius 2 is 1.70 bits per heavy atom. The van der Waals surface area contributed by atoms with Crippen molar-refractivity contribution in [2.45, 2.75) is 18.9 Å². The van der Waals surface area contributed by atoms with Gasteiger partial charge in [0.25, 0.3) is 5.91 Å². The Morgan fingerprint density at radius 1 is 0.967 bits per heavy atom. The average molecular weight is 406 g/mol. The van der Waals surface area contributed by atoms with Crippen LogP contribution in [0.15, 0.2) is 48.9 Å². The molecule has 0 unspecified atom stereocenters. The molecule has 1 atom stereocenters. The zero-order valence-electron chi connectivity index (χ0n) is 16.9. The Labute approximate surface area is 175 Å². The number of likely N-dealkylation sites (tertiary alicyclic amines) is 1. The van der Waals surface area contributed by atoms with Gasteiger partial charge in [0.2, 0.25) is 5.95 Å². The first-order valence-corrected chi connectivity index (χ1v) is 10.5. The molecule has 2 fully saturated rings. The molecule has 5 rings (SSSR count). The quantitative estimate of drug-likeness (QED) is 0.713. The molecule has 0 saturated carbocycles. The maximum Gasteiger partial charge on any atom is 0.255 e. The van der Waals surface area contributed by atoms with Gasteiger partial charge in [-0.05, 0) is 43.2 Å². The number of hydrogen-bond acceptors (Lipinski definition) is 6. The normalized spacial score (nSPS) is 20.0. The Hall–Kier alpha value is -3.13. The minimum absolute atomic E-state index is 0.0126. The number of hydrogen-bond donors (Lipinski definition) is 1. The molecule has 8 heteroatoms. The molecule has 156 valence electrons. The van der Waals surface area contributed by atoms with E-state index in [0.29, 0.717) is 18.7 Å². The van der Waals surface area contributed by atoms with Gasteiger partial charge in [0.15, 0.2) is 0 Å². The highest BCUT2D eigenvalue weighted by atomic mass is 16.3. The molecule has 1 N–H and O–H groups in total. The number of fused-ring (bicyclic) bond motifs is 1. The standard InChI is InChI=1S/C22H26N6O2/c29-19-3-1-10-27(16-19)21(30)17-4-5-18-6-7-20(28(18)15-17)25-11-13-26(14-12-25)22-23-8-2-9-24-22/h2,4-9,15,19,29H,1,3,10-14,16H2/t19-/m0/s1. The molecule has 0 radical (unpaired) electrons. The van der Waals surface area contributed by atoms with E-state index in [1.807, 2.05) is 24.4 Å². The van der Waals surface area contributed by atoms with Crippen LogP contribution in [0, 0.1) is 0 Å². The van der Waals surface area contributed by atoms with Crippen LogP contribution in [-0.2, 0) is 0 Å². The molecule has 0 aliphatic carbocycles. The van der Waals surface area contributed by atoms with Gasteiger partial charge in [-0.25, -0.2) is 9.97 Å². The van der Waals surface area contributed by atoms with E-state index in [-0.39, 0.29) is 5.91 Å². The molecule has 2 aliphatic rings. The van der Waals surface area contributed by atoms with Gasteiger partial charge < -0.3 is 24.2 Å². The summed E-state index contributed by atoms with van der Waals surface area (Å²) < 4.78 is 2.10. The smallest absolute Gasteiger partial charge is 0.255 e. The zero-order chi connectivity index (χ0) is 20.5. The molecule has 3 aromatic rings. The number of rotatable bonds is 3. The van der Waals surface area contributed by atoms with E-state index in [1.54, 1.807) is 17.3 Å². The van der Waals surface area contributed by atoms with E-state index in [1.165, 1.54) is 0 Å². The SMILES string of the molecule is O=C(c1ccc2ccc(N3CCN(c4ncccn4)CC3)n2c1)N1CCC[C@H](O)C1. The van der Waals surface area contributed by atoms with Crippen LogP contribution in [0.2, 0.25) is 0 Å². The van der Waals surface area contributed by atoms with Gasteiger partial charge in [-0.1, -0.05) is 0 Å². The summed E-state index contributed by atoms with van der Waals surface area (Å²) in [7, 11) is 0. The van der Waals surface area contributed by atoms with Crippen molar-refractivity contribution in [1.82, 2.24) is 19.3 Å². The number of β-amino-alcohol motifs (C(OH)–C–C–N with tert-alkyl or cyclic N) is 1. The van der Waals surface area contributed by atoms with Crippen LogP contribution in [0.5, 0.6) is 0 Å². The summed E-state index contributed by atoms with van der Waals surface area (Å²) in [5.41, 5.74) is 1.72. The first-order valence-electron chi connectivity index (χ1n) is 10.5. The summed E-state index contributed by atoms with van der Waals surface area (Å²) in [5.74, 6) is 1.85. The van der Waals surface area contributed by atoms with Crippen LogP contribution in [0.3, 0.4) is 0 Å². The predicted molar refractivity (Wildman–Crippen MR) is 115 cm³/mol. The Bertz CT molecular complexity index is 1030. The fourth-order valence-corrected chi connectivity index (χ4v) is 4.38. The summed E-state index contributed by atoms with van der Waals surface area (Å²) in [6, 6.07) is 9.90. The number of aliphatic hydroxyl groups excluding tert-OH is 1. The van der Waals surface area contributed by atoms with Crippen molar-refractivity contribution in [3.8, 4) is 0 Å². The highest BCUT2D eigenvalue weighted by molar-refractivity contribution is 5.94. The van der Waals surface area contributed by atoms with Crippen molar-refractivity contribution in [1.29, 1.82) is 0 Å².